The molecule has 28 heavy (non-hydrogen) atoms. The van der Waals surface area contributed by atoms with Crippen LogP contribution in [0.15, 0.2) is 53.9 Å². The number of amides is 1. The summed E-state index contributed by atoms with van der Waals surface area (Å²) in [5.74, 6) is -0.998. The average Bonchev–Trinajstić information content (AvgIpc) is 3.17. The van der Waals surface area contributed by atoms with Crippen molar-refractivity contribution in [2.45, 2.75) is 26.5 Å². The fraction of sp³-hybridized carbons (Fsp3) is 0.190. The third kappa shape index (κ3) is 5.18. The molecule has 0 aliphatic rings. The van der Waals surface area contributed by atoms with Gasteiger partial charge >= 0.3 is 5.97 Å². The lowest BCUT2D eigenvalue weighted by Crippen LogP contribution is -2.35. The second kappa shape index (κ2) is 8.99. The van der Waals surface area contributed by atoms with Crippen LogP contribution >= 0.6 is 22.9 Å². The van der Waals surface area contributed by atoms with Gasteiger partial charge in [-0.05, 0) is 31.5 Å². The third-order valence-electron chi connectivity index (χ3n) is 4.03. The zero-order valence-electron chi connectivity index (χ0n) is 15.4. The number of benzene rings is 2. The quantitative estimate of drug-likeness (QED) is 0.597. The van der Waals surface area contributed by atoms with Crippen molar-refractivity contribution in [1.82, 2.24) is 10.3 Å². The fourth-order valence-electron chi connectivity index (χ4n) is 2.43. The van der Waals surface area contributed by atoms with Crippen LogP contribution in [0.4, 0.5) is 0 Å². The Balaban J connectivity index is 1.56. The molecule has 0 fully saturated rings. The lowest BCUT2D eigenvalue weighted by Gasteiger charge is -2.13. The van der Waals surface area contributed by atoms with Gasteiger partial charge in [0.15, 0.2) is 11.8 Å². The van der Waals surface area contributed by atoms with Crippen LogP contribution in [0.1, 0.15) is 28.5 Å². The number of esters is 1. The van der Waals surface area contributed by atoms with Gasteiger partial charge in [0.05, 0.1) is 0 Å². The second-order valence-corrected chi connectivity index (χ2v) is 7.59. The summed E-state index contributed by atoms with van der Waals surface area (Å²) in [5, 5.41) is 5.62. The van der Waals surface area contributed by atoms with E-state index >= 15 is 0 Å². The van der Waals surface area contributed by atoms with Crippen LogP contribution in [0.2, 0.25) is 5.02 Å². The monoisotopic (exact) mass is 414 g/mol. The predicted molar refractivity (Wildman–Crippen MR) is 110 cm³/mol. The molecule has 0 saturated heterocycles. The number of thiazole rings is 1. The summed E-state index contributed by atoms with van der Waals surface area (Å²) in [6.07, 6.45) is -0.922. The van der Waals surface area contributed by atoms with E-state index in [0.29, 0.717) is 16.6 Å². The standard InChI is InChI=1S/C21H19ClN2O3S/c1-13-6-8-15(9-7-13)11-23-19(25)14(2)27-21(26)18-12-28-20(24-18)16-4-3-5-17(22)10-16/h3-10,12,14H,11H2,1-2H3,(H,23,25)/t14-/m0/s1. The number of carbonyl (C=O) groups excluding carboxylic acids is 2. The minimum absolute atomic E-state index is 0.165. The highest BCUT2D eigenvalue weighted by Crippen LogP contribution is 2.26. The van der Waals surface area contributed by atoms with E-state index in [-0.39, 0.29) is 11.6 Å². The van der Waals surface area contributed by atoms with Crippen LogP contribution in [0.5, 0.6) is 0 Å². The van der Waals surface area contributed by atoms with Crippen molar-refractivity contribution >= 4 is 34.8 Å². The summed E-state index contributed by atoms with van der Waals surface area (Å²) in [5.41, 5.74) is 3.11. The number of hydrogen-bond donors (Lipinski definition) is 1. The van der Waals surface area contributed by atoms with Crippen LogP contribution in [-0.2, 0) is 16.1 Å². The molecule has 0 spiro atoms. The molecular formula is C21H19ClN2O3S. The van der Waals surface area contributed by atoms with E-state index in [1.54, 1.807) is 17.5 Å². The van der Waals surface area contributed by atoms with Crippen molar-refractivity contribution in [3.63, 3.8) is 0 Å². The maximum atomic E-state index is 12.3. The Bertz CT molecular complexity index is 985. The predicted octanol–water partition coefficient (Wildman–Crippen LogP) is 4.63. The molecule has 1 N–H and O–H groups in total. The van der Waals surface area contributed by atoms with Crippen molar-refractivity contribution in [1.29, 1.82) is 0 Å². The van der Waals surface area contributed by atoms with Gasteiger partial charge < -0.3 is 10.1 Å². The minimum Gasteiger partial charge on any atom is -0.448 e. The first-order valence-electron chi connectivity index (χ1n) is 8.68. The van der Waals surface area contributed by atoms with Gasteiger partial charge in [-0.25, -0.2) is 9.78 Å². The summed E-state index contributed by atoms with van der Waals surface area (Å²) in [6, 6.07) is 15.1. The molecule has 7 heteroatoms. The van der Waals surface area contributed by atoms with Crippen molar-refractivity contribution in [2.24, 2.45) is 0 Å². The molecule has 5 nitrogen and oxygen atoms in total. The summed E-state index contributed by atoms with van der Waals surface area (Å²) in [7, 11) is 0. The van der Waals surface area contributed by atoms with E-state index in [1.807, 2.05) is 43.3 Å². The topological polar surface area (TPSA) is 68.3 Å². The number of aryl methyl sites for hydroxylation is 1. The molecule has 0 bridgehead atoms. The van der Waals surface area contributed by atoms with Crippen molar-refractivity contribution in [3.8, 4) is 10.6 Å². The molecule has 0 radical (unpaired) electrons. The molecule has 0 aliphatic carbocycles. The minimum atomic E-state index is -0.922. The number of carbonyl (C=O) groups is 2. The molecule has 3 rings (SSSR count). The van der Waals surface area contributed by atoms with Gasteiger partial charge in [0.1, 0.15) is 5.01 Å². The SMILES string of the molecule is Cc1ccc(CNC(=O)[C@H](C)OC(=O)c2csc(-c3cccc(Cl)c3)n2)cc1. The van der Waals surface area contributed by atoms with E-state index in [1.165, 1.54) is 18.3 Å². The van der Waals surface area contributed by atoms with E-state index in [2.05, 4.69) is 10.3 Å². The molecule has 1 atom stereocenters. The summed E-state index contributed by atoms with van der Waals surface area (Å²) in [4.78, 5) is 28.8. The van der Waals surface area contributed by atoms with Crippen molar-refractivity contribution in [2.75, 3.05) is 0 Å². The number of rotatable bonds is 6. The van der Waals surface area contributed by atoms with Gasteiger partial charge in [0.25, 0.3) is 5.91 Å². The van der Waals surface area contributed by atoms with Crippen LogP contribution < -0.4 is 5.32 Å². The number of halogens is 1. The van der Waals surface area contributed by atoms with Crippen LogP contribution in [0.25, 0.3) is 10.6 Å². The number of aromatic nitrogens is 1. The molecule has 1 aromatic heterocycles. The molecule has 2 aromatic carbocycles. The molecule has 0 unspecified atom stereocenters. The number of hydrogen-bond acceptors (Lipinski definition) is 5. The largest absolute Gasteiger partial charge is 0.448 e. The van der Waals surface area contributed by atoms with Crippen LogP contribution in [0.3, 0.4) is 0 Å². The van der Waals surface area contributed by atoms with E-state index in [9.17, 15) is 9.59 Å². The Morgan fingerprint density at radius 3 is 2.68 bits per heavy atom. The molecular weight excluding hydrogens is 396 g/mol. The fourth-order valence-corrected chi connectivity index (χ4v) is 3.41. The number of nitrogens with one attached hydrogen (secondary N) is 1. The van der Waals surface area contributed by atoms with Gasteiger partial charge in [-0.1, -0.05) is 53.6 Å². The van der Waals surface area contributed by atoms with Gasteiger partial charge in [-0.2, -0.15) is 0 Å². The first-order chi connectivity index (χ1) is 13.4. The smallest absolute Gasteiger partial charge is 0.358 e. The Kier molecular flexibility index (Phi) is 6.44. The summed E-state index contributed by atoms with van der Waals surface area (Å²) in [6.45, 7) is 3.91. The lowest BCUT2D eigenvalue weighted by atomic mass is 10.1. The lowest BCUT2D eigenvalue weighted by molar-refractivity contribution is -0.129. The maximum Gasteiger partial charge on any atom is 0.358 e. The van der Waals surface area contributed by atoms with Crippen LogP contribution in [-0.4, -0.2) is 23.0 Å². The molecule has 0 aliphatic heterocycles. The zero-order chi connectivity index (χ0) is 20.1. The Morgan fingerprint density at radius 1 is 1.21 bits per heavy atom. The van der Waals surface area contributed by atoms with Gasteiger partial charge in [-0.3, -0.25) is 4.79 Å². The Hall–Kier alpha value is -2.70. The van der Waals surface area contributed by atoms with Gasteiger partial charge in [0, 0.05) is 22.5 Å². The highest BCUT2D eigenvalue weighted by atomic mass is 35.5. The second-order valence-electron chi connectivity index (χ2n) is 6.30. The Morgan fingerprint density at radius 2 is 1.96 bits per heavy atom. The third-order valence-corrected chi connectivity index (χ3v) is 5.15. The highest BCUT2D eigenvalue weighted by Gasteiger charge is 2.21. The molecule has 1 amide bonds. The van der Waals surface area contributed by atoms with Gasteiger partial charge in [-0.15, -0.1) is 11.3 Å². The Labute approximate surface area is 172 Å². The average molecular weight is 415 g/mol. The normalized spacial score (nSPS) is 11.7. The zero-order valence-corrected chi connectivity index (χ0v) is 17.0. The summed E-state index contributed by atoms with van der Waals surface area (Å²) < 4.78 is 5.25. The highest BCUT2D eigenvalue weighted by molar-refractivity contribution is 7.13. The maximum absolute atomic E-state index is 12.3. The first kappa shape index (κ1) is 20.0. The van der Waals surface area contributed by atoms with E-state index < -0.39 is 12.1 Å². The van der Waals surface area contributed by atoms with Crippen molar-refractivity contribution < 1.29 is 14.3 Å². The van der Waals surface area contributed by atoms with E-state index in [4.69, 9.17) is 16.3 Å². The number of nitrogens with zero attached hydrogens (tertiary/aromatic N) is 1. The number of ether oxygens (including phenoxy) is 1. The van der Waals surface area contributed by atoms with Gasteiger partial charge in [0.2, 0.25) is 0 Å². The first-order valence-corrected chi connectivity index (χ1v) is 9.94. The molecule has 144 valence electrons. The summed E-state index contributed by atoms with van der Waals surface area (Å²) >= 11 is 7.30. The molecule has 3 aromatic rings. The van der Waals surface area contributed by atoms with Crippen LogP contribution in [0, 0.1) is 6.92 Å². The van der Waals surface area contributed by atoms with E-state index in [0.717, 1.165) is 16.7 Å². The molecule has 1 heterocycles. The molecule has 0 saturated carbocycles. The van der Waals surface area contributed by atoms with Crippen molar-refractivity contribution in [3.05, 3.63) is 75.8 Å².